The van der Waals surface area contributed by atoms with Crippen molar-refractivity contribution in [3.8, 4) is 0 Å². The summed E-state index contributed by atoms with van der Waals surface area (Å²) in [5.74, 6) is 1.12. The Kier molecular flexibility index (Phi) is 4.68. The second kappa shape index (κ2) is 7.00. The standard InChI is InChI=1S/C21H24N2O3S/c1-14-5-9-18(10-6-14)23-27(25,26)19-4-2-3-17(13-19)21(24)22-20-12-15-7-8-16(20)11-15/h2-6,9-10,13,15-16,20,23H,7-8,11-12H2,1H3,(H,22,24)/t15?,16?,20-/m1/s1. The lowest BCUT2D eigenvalue weighted by atomic mass is 9.95. The van der Waals surface area contributed by atoms with Gasteiger partial charge in [-0.2, -0.15) is 0 Å². The van der Waals surface area contributed by atoms with Gasteiger partial charge in [-0.3, -0.25) is 9.52 Å². The molecule has 5 nitrogen and oxygen atoms in total. The molecule has 2 saturated carbocycles. The van der Waals surface area contributed by atoms with Gasteiger partial charge in [-0.1, -0.05) is 30.2 Å². The second-order valence-electron chi connectivity index (χ2n) is 7.75. The Balaban J connectivity index is 1.49. The van der Waals surface area contributed by atoms with E-state index in [-0.39, 0.29) is 16.8 Å². The van der Waals surface area contributed by atoms with E-state index in [0.29, 0.717) is 17.2 Å². The largest absolute Gasteiger partial charge is 0.349 e. The molecule has 2 N–H and O–H groups in total. The lowest BCUT2D eigenvalue weighted by Gasteiger charge is -2.23. The molecule has 6 heteroatoms. The number of sulfonamides is 1. The first-order chi connectivity index (χ1) is 12.9. The minimum Gasteiger partial charge on any atom is -0.349 e. The van der Waals surface area contributed by atoms with Gasteiger partial charge < -0.3 is 5.32 Å². The molecule has 0 heterocycles. The van der Waals surface area contributed by atoms with E-state index in [1.54, 1.807) is 24.3 Å². The summed E-state index contributed by atoms with van der Waals surface area (Å²) in [6.45, 7) is 1.94. The zero-order valence-electron chi connectivity index (χ0n) is 15.3. The van der Waals surface area contributed by atoms with Crippen LogP contribution in [0, 0.1) is 18.8 Å². The van der Waals surface area contributed by atoms with E-state index >= 15 is 0 Å². The molecule has 0 spiro atoms. The number of fused-ring (bicyclic) bond motifs is 2. The molecule has 27 heavy (non-hydrogen) atoms. The predicted octanol–water partition coefficient (Wildman–Crippen LogP) is 3.71. The Bertz CT molecular complexity index is 954. The molecule has 0 radical (unpaired) electrons. The molecule has 2 aromatic carbocycles. The van der Waals surface area contributed by atoms with E-state index in [2.05, 4.69) is 10.0 Å². The monoisotopic (exact) mass is 384 g/mol. The molecule has 2 aliphatic rings. The molecule has 0 aromatic heterocycles. The van der Waals surface area contributed by atoms with E-state index in [9.17, 15) is 13.2 Å². The van der Waals surface area contributed by atoms with Crippen molar-refractivity contribution in [2.45, 2.75) is 43.5 Å². The van der Waals surface area contributed by atoms with Gasteiger partial charge in [-0.25, -0.2) is 8.42 Å². The maximum Gasteiger partial charge on any atom is 0.261 e. The summed E-state index contributed by atoms with van der Waals surface area (Å²) in [6, 6.07) is 13.6. The van der Waals surface area contributed by atoms with Crippen LogP contribution in [-0.2, 0) is 10.0 Å². The van der Waals surface area contributed by atoms with Crippen molar-refractivity contribution >= 4 is 21.6 Å². The number of carbonyl (C=O) groups excluding carboxylic acids is 1. The number of benzene rings is 2. The summed E-state index contributed by atoms with van der Waals surface area (Å²) in [4.78, 5) is 12.7. The van der Waals surface area contributed by atoms with Crippen LogP contribution >= 0.6 is 0 Å². The Morgan fingerprint density at radius 3 is 2.48 bits per heavy atom. The van der Waals surface area contributed by atoms with Crippen molar-refractivity contribution in [3.63, 3.8) is 0 Å². The minimum atomic E-state index is -3.75. The van der Waals surface area contributed by atoms with Crippen LogP contribution in [0.5, 0.6) is 0 Å². The number of carbonyl (C=O) groups is 1. The molecule has 2 aromatic rings. The normalized spacial score (nSPS) is 24.0. The second-order valence-corrected chi connectivity index (χ2v) is 9.44. The van der Waals surface area contributed by atoms with Crippen molar-refractivity contribution in [2.24, 2.45) is 11.8 Å². The molecule has 142 valence electrons. The molecule has 4 rings (SSSR count). The molecule has 2 aliphatic carbocycles. The molecule has 2 bridgehead atoms. The van der Waals surface area contributed by atoms with Crippen molar-refractivity contribution in [1.82, 2.24) is 5.32 Å². The van der Waals surface area contributed by atoms with Crippen molar-refractivity contribution < 1.29 is 13.2 Å². The summed E-state index contributed by atoms with van der Waals surface area (Å²) < 4.78 is 27.9. The highest BCUT2D eigenvalue weighted by molar-refractivity contribution is 7.92. The molecular weight excluding hydrogens is 360 g/mol. The average Bonchev–Trinajstić information content (AvgIpc) is 3.27. The third-order valence-electron chi connectivity index (χ3n) is 5.76. The number of hydrogen-bond donors (Lipinski definition) is 2. The quantitative estimate of drug-likeness (QED) is 0.825. The summed E-state index contributed by atoms with van der Waals surface area (Å²) >= 11 is 0. The van der Waals surface area contributed by atoms with Gasteiger partial charge in [0.15, 0.2) is 0 Å². The Morgan fingerprint density at radius 1 is 1.04 bits per heavy atom. The molecule has 2 unspecified atom stereocenters. The van der Waals surface area contributed by atoms with Crippen molar-refractivity contribution in [2.75, 3.05) is 4.72 Å². The summed E-state index contributed by atoms with van der Waals surface area (Å²) in [5, 5.41) is 3.11. The zero-order valence-corrected chi connectivity index (χ0v) is 16.1. The maximum atomic E-state index is 12.7. The number of hydrogen-bond acceptors (Lipinski definition) is 3. The van der Waals surface area contributed by atoms with E-state index in [0.717, 1.165) is 17.9 Å². The van der Waals surface area contributed by atoms with Crippen LogP contribution in [0.15, 0.2) is 53.4 Å². The van der Waals surface area contributed by atoms with Gasteiger partial charge in [0.1, 0.15) is 0 Å². The first-order valence-electron chi connectivity index (χ1n) is 9.41. The van der Waals surface area contributed by atoms with Gasteiger partial charge in [-0.15, -0.1) is 0 Å². The topological polar surface area (TPSA) is 75.3 Å². The van der Waals surface area contributed by atoms with Crippen LogP contribution < -0.4 is 10.0 Å². The first kappa shape index (κ1) is 18.0. The van der Waals surface area contributed by atoms with Crippen LogP contribution in [0.25, 0.3) is 0 Å². The van der Waals surface area contributed by atoms with Gasteiger partial charge >= 0.3 is 0 Å². The Labute approximate surface area is 160 Å². The Hall–Kier alpha value is -2.34. The lowest BCUT2D eigenvalue weighted by molar-refractivity contribution is 0.0922. The average molecular weight is 385 g/mol. The highest BCUT2D eigenvalue weighted by atomic mass is 32.2. The highest BCUT2D eigenvalue weighted by Gasteiger charge is 2.40. The van der Waals surface area contributed by atoms with Crippen molar-refractivity contribution in [1.29, 1.82) is 0 Å². The van der Waals surface area contributed by atoms with Gasteiger partial charge in [-0.05, 0) is 68.4 Å². The molecule has 2 fully saturated rings. The number of amides is 1. The van der Waals surface area contributed by atoms with Crippen LogP contribution in [0.2, 0.25) is 0 Å². The van der Waals surface area contributed by atoms with Gasteiger partial charge in [0.05, 0.1) is 4.90 Å². The first-order valence-corrected chi connectivity index (χ1v) is 10.9. The minimum absolute atomic E-state index is 0.0867. The number of anilines is 1. The van der Waals surface area contributed by atoms with E-state index in [1.807, 2.05) is 19.1 Å². The van der Waals surface area contributed by atoms with Gasteiger partial charge in [0.2, 0.25) is 0 Å². The molecule has 0 saturated heterocycles. The van der Waals surface area contributed by atoms with E-state index < -0.39 is 10.0 Å². The summed E-state index contributed by atoms with van der Waals surface area (Å²) in [6.07, 6.45) is 4.71. The smallest absolute Gasteiger partial charge is 0.261 e. The molecule has 1 amide bonds. The molecule has 0 aliphatic heterocycles. The Morgan fingerprint density at radius 2 is 1.81 bits per heavy atom. The van der Waals surface area contributed by atoms with E-state index in [1.165, 1.54) is 31.4 Å². The summed E-state index contributed by atoms with van der Waals surface area (Å²) in [7, 11) is -3.75. The van der Waals surface area contributed by atoms with E-state index in [4.69, 9.17) is 0 Å². The lowest BCUT2D eigenvalue weighted by Crippen LogP contribution is -2.38. The van der Waals surface area contributed by atoms with Crippen LogP contribution in [-0.4, -0.2) is 20.4 Å². The van der Waals surface area contributed by atoms with Gasteiger partial charge in [0, 0.05) is 17.3 Å². The fraction of sp³-hybridized carbons (Fsp3) is 0.381. The van der Waals surface area contributed by atoms with Crippen molar-refractivity contribution in [3.05, 3.63) is 59.7 Å². The number of aryl methyl sites for hydroxylation is 1. The highest BCUT2D eigenvalue weighted by Crippen LogP contribution is 2.44. The van der Waals surface area contributed by atoms with Gasteiger partial charge in [0.25, 0.3) is 15.9 Å². The molecular formula is C21H24N2O3S. The van der Waals surface area contributed by atoms with Crippen LogP contribution in [0.1, 0.15) is 41.6 Å². The third-order valence-corrected chi connectivity index (χ3v) is 7.14. The fourth-order valence-electron chi connectivity index (χ4n) is 4.31. The maximum absolute atomic E-state index is 12.7. The SMILES string of the molecule is Cc1ccc(NS(=O)(=O)c2cccc(C(=O)N[C@@H]3CC4CCC3C4)c2)cc1. The number of rotatable bonds is 5. The fourth-order valence-corrected chi connectivity index (χ4v) is 5.42. The predicted molar refractivity (Wildman–Crippen MR) is 105 cm³/mol. The number of nitrogens with one attached hydrogen (secondary N) is 2. The summed E-state index contributed by atoms with van der Waals surface area (Å²) in [5.41, 5.74) is 1.93. The zero-order chi connectivity index (χ0) is 19.0. The van der Waals surface area contributed by atoms with Crippen LogP contribution in [0.4, 0.5) is 5.69 Å². The third kappa shape index (κ3) is 3.86. The van der Waals surface area contributed by atoms with Crippen LogP contribution in [0.3, 0.4) is 0 Å². The molecule has 3 atom stereocenters.